The summed E-state index contributed by atoms with van der Waals surface area (Å²) < 4.78 is 36.2. The molecule has 0 spiro atoms. The highest BCUT2D eigenvalue weighted by Gasteiger charge is 2.24. The molecule has 0 unspecified atom stereocenters. The van der Waals surface area contributed by atoms with Crippen molar-refractivity contribution < 1.29 is 13.5 Å². The number of aryl methyl sites for hydroxylation is 1. The van der Waals surface area contributed by atoms with Crippen molar-refractivity contribution >= 4 is 28.4 Å². The molecule has 0 atom stereocenters. The largest absolute Gasteiger partial charge is 0.378 e. The molecule has 168 valence electrons. The molecule has 2 aliphatic rings. The lowest BCUT2D eigenvalue weighted by atomic mass is 10.1. The Morgan fingerprint density at radius 3 is 2.62 bits per heavy atom. The van der Waals surface area contributed by atoms with Gasteiger partial charge in [-0.05, 0) is 38.0 Å². The Bertz CT molecular complexity index is 1220. The van der Waals surface area contributed by atoms with E-state index in [4.69, 9.17) is 4.74 Å². The predicted molar refractivity (Wildman–Crippen MR) is 119 cm³/mol. The van der Waals surface area contributed by atoms with Crippen LogP contribution in [-0.4, -0.2) is 40.8 Å². The van der Waals surface area contributed by atoms with Crippen molar-refractivity contribution in [3.05, 3.63) is 51.9 Å². The Hall–Kier alpha value is -3.07. The van der Waals surface area contributed by atoms with Crippen molar-refractivity contribution in [1.29, 1.82) is 0 Å². The van der Waals surface area contributed by atoms with E-state index in [1.807, 2.05) is 4.90 Å². The first-order valence-corrected chi connectivity index (χ1v) is 11.0. The zero-order valence-electron chi connectivity index (χ0n) is 17.9. The average Bonchev–Trinajstić information content (AvgIpc) is 3.33. The fraction of sp³-hybridized carbons (Fsp3) is 0.435. The molecular weight excluding hydrogens is 416 g/mol. The van der Waals surface area contributed by atoms with Crippen LogP contribution in [0.5, 0.6) is 0 Å². The maximum atomic E-state index is 14.8. The van der Waals surface area contributed by atoms with Gasteiger partial charge in [0.25, 0.3) is 5.56 Å². The van der Waals surface area contributed by atoms with Gasteiger partial charge in [0.15, 0.2) is 5.82 Å². The third-order valence-corrected chi connectivity index (χ3v) is 6.38. The van der Waals surface area contributed by atoms with Gasteiger partial charge >= 0.3 is 0 Å². The summed E-state index contributed by atoms with van der Waals surface area (Å²) in [5, 5.41) is 3.53. The van der Waals surface area contributed by atoms with Crippen molar-refractivity contribution in [2.75, 3.05) is 36.5 Å². The van der Waals surface area contributed by atoms with Gasteiger partial charge in [0.05, 0.1) is 18.9 Å². The lowest BCUT2D eigenvalue weighted by molar-refractivity contribution is 0.122. The highest BCUT2D eigenvalue weighted by Crippen LogP contribution is 2.32. The number of nitrogens with zero attached hydrogens (tertiary/aromatic N) is 4. The third kappa shape index (κ3) is 3.70. The van der Waals surface area contributed by atoms with Crippen LogP contribution in [0.25, 0.3) is 11.0 Å². The van der Waals surface area contributed by atoms with E-state index >= 15 is 0 Å². The van der Waals surface area contributed by atoms with Crippen molar-refractivity contribution in [3.63, 3.8) is 0 Å². The van der Waals surface area contributed by atoms with E-state index in [0.717, 1.165) is 25.7 Å². The summed E-state index contributed by atoms with van der Waals surface area (Å²) in [6.07, 6.45) is 5.15. The molecule has 3 heterocycles. The Morgan fingerprint density at radius 1 is 1.16 bits per heavy atom. The first kappa shape index (κ1) is 20.8. The van der Waals surface area contributed by atoms with Crippen LogP contribution in [-0.2, 0) is 4.74 Å². The van der Waals surface area contributed by atoms with Crippen molar-refractivity contribution in [2.45, 2.75) is 38.6 Å². The van der Waals surface area contributed by atoms with Crippen LogP contribution >= 0.6 is 0 Å². The van der Waals surface area contributed by atoms with Gasteiger partial charge in [0.2, 0.25) is 5.95 Å². The summed E-state index contributed by atoms with van der Waals surface area (Å²) in [6.45, 7) is 4.01. The lowest BCUT2D eigenvalue weighted by Crippen LogP contribution is -2.36. The van der Waals surface area contributed by atoms with Crippen molar-refractivity contribution in [2.24, 2.45) is 0 Å². The van der Waals surface area contributed by atoms with Gasteiger partial charge in [-0.25, -0.2) is 13.8 Å². The van der Waals surface area contributed by atoms with Gasteiger partial charge in [0, 0.05) is 42.0 Å². The number of ether oxygens (including phenoxy) is 1. The summed E-state index contributed by atoms with van der Waals surface area (Å²) in [4.78, 5) is 23.5. The second kappa shape index (κ2) is 8.46. The topological polar surface area (TPSA) is 72.3 Å². The van der Waals surface area contributed by atoms with Gasteiger partial charge in [-0.3, -0.25) is 9.36 Å². The molecule has 32 heavy (non-hydrogen) atoms. The van der Waals surface area contributed by atoms with Crippen molar-refractivity contribution in [1.82, 2.24) is 14.5 Å². The van der Waals surface area contributed by atoms with Crippen molar-refractivity contribution in [3.8, 4) is 0 Å². The zero-order chi connectivity index (χ0) is 22.2. The molecule has 1 aliphatic heterocycles. The molecule has 0 bridgehead atoms. The first-order valence-electron chi connectivity index (χ1n) is 11.0. The fourth-order valence-corrected chi connectivity index (χ4v) is 4.64. The fourth-order valence-electron chi connectivity index (χ4n) is 4.64. The summed E-state index contributed by atoms with van der Waals surface area (Å²) >= 11 is 0. The van der Waals surface area contributed by atoms with Crippen LogP contribution in [0.1, 0.15) is 37.3 Å². The van der Waals surface area contributed by atoms with Crippen LogP contribution in [0.2, 0.25) is 0 Å². The smallest absolute Gasteiger partial charge is 0.288 e. The maximum Gasteiger partial charge on any atom is 0.288 e. The number of anilines is 3. The van der Waals surface area contributed by atoms with Crippen LogP contribution in [0, 0.1) is 18.6 Å². The third-order valence-electron chi connectivity index (χ3n) is 6.38. The number of benzene rings is 1. The number of pyridine rings is 1. The minimum atomic E-state index is -0.755. The Morgan fingerprint density at radius 2 is 1.91 bits per heavy atom. The zero-order valence-corrected chi connectivity index (χ0v) is 17.9. The quantitative estimate of drug-likeness (QED) is 0.658. The molecule has 2 fully saturated rings. The molecule has 1 saturated heterocycles. The molecule has 1 N–H and O–H groups in total. The molecule has 1 saturated carbocycles. The molecule has 5 rings (SSSR count). The second-order valence-corrected chi connectivity index (χ2v) is 8.37. The van der Waals surface area contributed by atoms with E-state index in [9.17, 15) is 13.6 Å². The number of rotatable bonds is 4. The number of nitrogens with one attached hydrogen (secondary N) is 1. The maximum absolute atomic E-state index is 14.8. The minimum Gasteiger partial charge on any atom is -0.378 e. The van der Waals surface area contributed by atoms with Crippen LogP contribution < -0.4 is 15.8 Å². The normalized spacial score (nSPS) is 17.3. The van der Waals surface area contributed by atoms with Crippen LogP contribution in [0.15, 0.2) is 29.2 Å². The monoisotopic (exact) mass is 441 g/mol. The van der Waals surface area contributed by atoms with Gasteiger partial charge in [-0.2, -0.15) is 4.98 Å². The second-order valence-electron chi connectivity index (χ2n) is 8.37. The SMILES string of the molecule is Cc1c(F)c(=O)n(C2CCCC2)c2nc(Nc3ccc(N4CCOCC4)c(F)c3)ncc12. The van der Waals surface area contributed by atoms with Crippen LogP contribution in [0.4, 0.5) is 26.1 Å². The van der Waals surface area contributed by atoms with Gasteiger partial charge in [0.1, 0.15) is 11.5 Å². The van der Waals surface area contributed by atoms with Gasteiger partial charge in [-0.1, -0.05) is 12.8 Å². The van der Waals surface area contributed by atoms with E-state index in [1.54, 1.807) is 19.1 Å². The van der Waals surface area contributed by atoms with E-state index in [2.05, 4.69) is 15.3 Å². The number of aromatic nitrogens is 3. The number of halogens is 2. The molecule has 7 nitrogen and oxygen atoms in total. The Kier molecular flexibility index (Phi) is 5.50. The first-order chi connectivity index (χ1) is 15.5. The summed E-state index contributed by atoms with van der Waals surface area (Å²) in [6, 6.07) is 4.81. The molecule has 2 aromatic heterocycles. The minimum absolute atomic E-state index is 0.0758. The molecule has 9 heteroatoms. The summed E-state index contributed by atoms with van der Waals surface area (Å²) in [7, 11) is 0. The van der Waals surface area contributed by atoms with Gasteiger partial charge < -0.3 is 15.0 Å². The number of morpholine rings is 1. The molecule has 1 aliphatic carbocycles. The predicted octanol–water partition coefficient (Wildman–Crippen LogP) is 4.07. The standard InChI is InChI=1S/C23H25F2N5O2/c1-14-17-13-26-23(28-21(17)30(22(31)20(14)25)16-4-2-3-5-16)27-15-6-7-19(18(24)12-15)29-8-10-32-11-9-29/h6-7,12-13,16H,2-5,8-11H2,1H3,(H,26,27,28). The Labute approximate surface area is 184 Å². The number of hydrogen-bond donors (Lipinski definition) is 1. The number of fused-ring (bicyclic) bond motifs is 1. The highest BCUT2D eigenvalue weighted by atomic mass is 19.1. The molecule has 1 aromatic carbocycles. The highest BCUT2D eigenvalue weighted by molar-refractivity contribution is 5.79. The van der Waals surface area contributed by atoms with E-state index < -0.39 is 11.4 Å². The van der Waals surface area contributed by atoms with Gasteiger partial charge in [-0.15, -0.1) is 0 Å². The molecule has 0 amide bonds. The average molecular weight is 441 g/mol. The molecule has 3 aromatic rings. The summed E-state index contributed by atoms with van der Waals surface area (Å²) in [5.41, 5.74) is 1.02. The van der Waals surface area contributed by atoms with Crippen LogP contribution in [0.3, 0.4) is 0 Å². The summed E-state index contributed by atoms with van der Waals surface area (Å²) in [5.74, 6) is -0.874. The molecular formula is C23H25F2N5O2. The van der Waals surface area contributed by atoms with E-state index in [1.165, 1.54) is 16.8 Å². The lowest BCUT2D eigenvalue weighted by Gasteiger charge is -2.29. The Balaban J connectivity index is 1.50. The van der Waals surface area contributed by atoms with E-state index in [0.29, 0.717) is 48.7 Å². The van der Waals surface area contributed by atoms with E-state index in [-0.39, 0.29) is 23.4 Å². The number of hydrogen-bond acceptors (Lipinski definition) is 6. The molecule has 0 radical (unpaired) electrons.